The number of benzene rings is 2. The molecule has 0 radical (unpaired) electrons. The van der Waals surface area contributed by atoms with Crippen LogP contribution in [0.15, 0.2) is 66.9 Å². The number of hydrogen-bond donors (Lipinski definition) is 1. The van der Waals surface area contributed by atoms with E-state index in [2.05, 4.69) is 10.3 Å². The molecule has 0 spiro atoms. The van der Waals surface area contributed by atoms with Gasteiger partial charge in [-0.05, 0) is 24.6 Å². The van der Waals surface area contributed by atoms with Gasteiger partial charge in [0.15, 0.2) is 23.1 Å². The summed E-state index contributed by atoms with van der Waals surface area (Å²) in [6, 6.07) is 18.5. The lowest BCUT2D eigenvalue weighted by Gasteiger charge is -2.33. The Morgan fingerprint density at radius 2 is 1.88 bits per heavy atom. The predicted molar refractivity (Wildman–Crippen MR) is 127 cm³/mol. The molecular formula is C26H27N3O5. The molecular weight excluding hydrogens is 434 g/mol. The molecule has 4 rings (SSSR count). The highest BCUT2D eigenvalue weighted by molar-refractivity contribution is 5.99. The Balaban J connectivity index is 1.38. The first-order valence-corrected chi connectivity index (χ1v) is 11.1. The highest BCUT2D eigenvalue weighted by Crippen LogP contribution is 2.37. The van der Waals surface area contributed by atoms with Gasteiger partial charge in [-0.3, -0.25) is 14.5 Å². The van der Waals surface area contributed by atoms with Crippen LogP contribution >= 0.6 is 0 Å². The molecule has 2 heterocycles. The minimum absolute atomic E-state index is 0.119. The van der Waals surface area contributed by atoms with Crippen LogP contribution in [-0.2, 0) is 16.1 Å². The van der Waals surface area contributed by atoms with Gasteiger partial charge in [-0.2, -0.15) is 0 Å². The van der Waals surface area contributed by atoms with Gasteiger partial charge in [0.05, 0.1) is 14.2 Å². The third-order valence-electron chi connectivity index (χ3n) is 5.59. The number of methoxy groups -OCH3 is 2. The highest BCUT2D eigenvalue weighted by Gasteiger charge is 2.36. The van der Waals surface area contributed by atoms with Crippen molar-refractivity contribution in [2.24, 2.45) is 0 Å². The number of fused-ring (bicyclic) bond motifs is 1. The monoisotopic (exact) mass is 461 g/mol. The fourth-order valence-electron chi connectivity index (χ4n) is 3.93. The zero-order valence-corrected chi connectivity index (χ0v) is 19.2. The predicted octanol–water partition coefficient (Wildman–Crippen LogP) is 3.66. The number of nitrogens with zero attached hydrogens (tertiary/aromatic N) is 2. The van der Waals surface area contributed by atoms with Crippen LogP contribution in [0, 0.1) is 0 Å². The molecule has 8 nitrogen and oxygen atoms in total. The summed E-state index contributed by atoms with van der Waals surface area (Å²) >= 11 is 0. The van der Waals surface area contributed by atoms with Crippen LogP contribution in [0.3, 0.4) is 0 Å². The van der Waals surface area contributed by atoms with Crippen molar-refractivity contribution >= 4 is 17.6 Å². The van der Waals surface area contributed by atoms with Crippen molar-refractivity contribution in [3.05, 3.63) is 78.0 Å². The smallest absolute Gasteiger partial charge is 0.274 e. The van der Waals surface area contributed by atoms with E-state index in [1.807, 2.05) is 42.5 Å². The van der Waals surface area contributed by atoms with Crippen LogP contribution in [0.25, 0.3) is 0 Å². The van der Waals surface area contributed by atoms with Gasteiger partial charge in [-0.25, -0.2) is 4.98 Å². The fourth-order valence-corrected chi connectivity index (χ4v) is 3.93. The summed E-state index contributed by atoms with van der Waals surface area (Å²) in [5.41, 5.74) is 1.60. The van der Waals surface area contributed by atoms with Gasteiger partial charge >= 0.3 is 0 Å². The van der Waals surface area contributed by atoms with E-state index in [9.17, 15) is 9.59 Å². The Labute approximate surface area is 198 Å². The molecule has 2 amide bonds. The standard InChI is InChI=1S/C26H27N3O5/c1-32-20-12-6-11-19(23(20)33-2)17-28-22(30)14-8-16-29-25-21(13-7-15-27-25)34-24(26(29)31)18-9-4-3-5-10-18/h3-7,9-13,15,24H,8,14,16-17H2,1-2H3,(H,28,30)/t24-/m0/s1. The Morgan fingerprint density at radius 1 is 1.06 bits per heavy atom. The Bertz CT molecular complexity index is 1150. The van der Waals surface area contributed by atoms with Crippen molar-refractivity contribution in [1.29, 1.82) is 0 Å². The van der Waals surface area contributed by atoms with Crippen molar-refractivity contribution in [3.8, 4) is 17.2 Å². The van der Waals surface area contributed by atoms with E-state index in [0.29, 0.717) is 42.6 Å². The number of aromatic nitrogens is 1. The summed E-state index contributed by atoms with van der Waals surface area (Å²) in [4.78, 5) is 31.7. The molecule has 0 aliphatic carbocycles. The van der Waals surface area contributed by atoms with Gasteiger partial charge in [0, 0.05) is 36.8 Å². The second-order valence-corrected chi connectivity index (χ2v) is 7.76. The van der Waals surface area contributed by atoms with Crippen molar-refractivity contribution in [2.75, 3.05) is 25.7 Å². The van der Waals surface area contributed by atoms with Gasteiger partial charge in [0.1, 0.15) is 0 Å². The molecule has 0 unspecified atom stereocenters. The second kappa shape index (κ2) is 10.7. The maximum Gasteiger partial charge on any atom is 0.274 e. The third kappa shape index (κ3) is 4.96. The summed E-state index contributed by atoms with van der Waals surface area (Å²) in [6.07, 6.45) is 1.62. The minimum Gasteiger partial charge on any atom is -0.493 e. The van der Waals surface area contributed by atoms with E-state index in [1.165, 1.54) is 0 Å². The Hall–Kier alpha value is -4.07. The van der Waals surface area contributed by atoms with E-state index in [-0.39, 0.29) is 18.2 Å². The molecule has 0 fully saturated rings. The molecule has 8 heteroatoms. The van der Waals surface area contributed by atoms with Crippen molar-refractivity contribution in [1.82, 2.24) is 10.3 Å². The first-order chi connectivity index (χ1) is 16.6. The number of para-hydroxylation sites is 1. The van der Waals surface area contributed by atoms with E-state index < -0.39 is 6.10 Å². The molecule has 176 valence electrons. The topological polar surface area (TPSA) is 90.0 Å². The van der Waals surface area contributed by atoms with Crippen LogP contribution in [-0.4, -0.2) is 37.6 Å². The summed E-state index contributed by atoms with van der Waals surface area (Å²) in [7, 11) is 3.14. The molecule has 1 atom stereocenters. The van der Waals surface area contributed by atoms with Crippen LogP contribution in [0.2, 0.25) is 0 Å². The Morgan fingerprint density at radius 3 is 2.65 bits per heavy atom. The quantitative estimate of drug-likeness (QED) is 0.523. The first-order valence-electron chi connectivity index (χ1n) is 11.1. The summed E-state index contributed by atoms with van der Waals surface area (Å²) in [5.74, 6) is 1.91. The Kier molecular flexibility index (Phi) is 7.27. The molecule has 3 aromatic rings. The molecule has 0 saturated carbocycles. The lowest BCUT2D eigenvalue weighted by molar-refractivity contribution is -0.127. The van der Waals surface area contributed by atoms with Gasteiger partial charge in [-0.1, -0.05) is 42.5 Å². The van der Waals surface area contributed by atoms with Crippen molar-refractivity contribution in [2.45, 2.75) is 25.5 Å². The number of ether oxygens (including phenoxy) is 3. The van der Waals surface area contributed by atoms with E-state index in [1.54, 1.807) is 43.5 Å². The van der Waals surface area contributed by atoms with Crippen molar-refractivity contribution < 1.29 is 23.8 Å². The largest absolute Gasteiger partial charge is 0.493 e. The number of hydrogen-bond acceptors (Lipinski definition) is 6. The number of amides is 2. The molecule has 0 saturated heterocycles. The molecule has 2 aromatic carbocycles. The first kappa shape index (κ1) is 23.1. The zero-order valence-electron chi connectivity index (χ0n) is 19.2. The molecule has 34 heavy (non-hydrogen) atoms. The van der Waals surface area contributed by atoms with Crippen LogP contribution in [0.4, 0.5) is 5.82 Å². The number of nitrogens with one attached hydrogen (secondary N) is 1. The highest BCUT2D eigenvalue weighted by atomic mass is 16.5. The summed E-state index contributed by atoms with van der Waals surface area (Å²) < 4.78 is 16.7. The maximum absolute atomic E-state index is 13.2. The zero-order chi connectivity index (χ0) is 23.9. The molecule has 1 aromatic heterocycles. The maximum atomic E-state index is 13.2. The minimum atomic E-state index is -0.743. The number of anilines is 1. The molecule has 1 N–H and O–H groups in total. The van der Waals surface area contributed by atoms with Gasteiger partial charge in [0.25, 0.3) is 5.91 Å². The van der Waals surface area contributed by atoms with Gasteiger partial charge in [-0.15, -0.1) is 0 Å². The van der Waals surface area contributed by atoms with Crippen LogP contribution in [0.5, 0.6) is 17.2 Å². The van der Waals surface area contributed by atoms with Crippen molar-refractivity contribution in [3.63, 3.8) is 0 Å². The number of carbonyl (C=O) groups excluding carboxylic acids is 2. The van der Waals surface area contributed by atoms with E-state index in [0.717, 1.165) is 11.1 Å². The van der Waals surface area contributed by atoms with Crippen LogP contribution in [0.1, 0.15) is 30.1 Å². The molecule has 1 aliphatic heterocycles. The molecule has 1 aliphatic rings. The summed E-state index contributed by atoms with van der Waals surface area (Å²) in [6.45, 7) is 0.668. The normalized spacial score (nSPS) is 14.7. The number of pyridine rings is 1. The summed E-state index contributed by atoms with van der Waals surface area (Å²) in [5, 5.41) is 2.91. The third-order valence-corrected chi connectivity index (χ3v) is 5.59. The van der Waals surface area contributed by atoms with E-state index in [4.69, 9.17) is 14.2 Å². The second-order valence-electron chi connectivity index (χ2n) is 7.76. The SMILES string of the molecule is COc1cccc(CNC(=O)CCCN2C(=O)[C@H](c3ccccc3)Oc3cccnc32)c1OC. The van der Waals surface area contributed by atoms with Crippen LogP contribution < -0.4 is 24.4 Å². The van der Waals surface area contributed by atoms with Gasteiger partial charge < -0.3 is 19.5 Å². The van der Waals surface area contributed by atoms with E-state index >= 15 is 0 Å². The average molecular weight is 462 g/mol. The number of rotatable bonds is 9. The average Bonchev–Trinajstić information content (AvgIpc) is 2.88. The fraction of sp³-hybridized carbons (Fsp3) is 0.269. The lowest BCUT2D eigenvalue weighted by atomic mass is 10.1. The molecule has 0 bridgehead atoms. The lowest BCUT2D eigenvalue weighted by Crippen LogP contribution is -2.42. The number of carbonyl (C=O) groups is 2. The van der Waals surface area contributed by atoms with Gasteiger partial charge in [0.2, 0.25) is 12.0 Å².